The molecule has 0 spiro atoms. The Labute approximate surface area is 157 Å². The number of rotatable bonds is 4. The molecule has 0 aliphatic rings. The number of amides is 1. The summed E-state index contributed by atoms with van der Waals surface area (Å²) in [6.07, 6.45) is 1.74. The Bertz CT molecular complexity index is 1050. The van der Waals surface area contributed by atoms with Crippen molar-refractivity contribution < 1.29 is 4.79 Å². The first-order chi connectivity index (χ1) is 13.2. The van der Waals surface area contributed by atoms with Crippen LogP contribution in [-0.4, -0.2) is 20.9 Å². The van der Waals surface area contributed by atoms with Crippen molar-refractivity contribution in [1.82, 2.24) is 15.0 Å². The molecule has 5 nitrogen and oxygen atoms in total. The molecular weight excluding hydrogens is 336 g/mol. The van der Waals surface area contributed by atoms with Gasteiger partial charge in [-0.15, -0.1) is 5.10 Å². The van der Waals surface area contributed by atoms with Gasteiger partial charge in [0.1, 0.15) is 0 Å². The van der Waals surface area contributed by atoms with Gasteiger partial charge in [-0.2, -0.15) is 0 Å². The summed E-state index contributed by atoms with van der Waals surface area (Å²) in [5.74, 6) is -0.148. The number of carbonyl (C=O) groups excluding carboxylic acids is 1. The highest BCUT2D eigenvalue weighted by Crippen LogP contribution is 2.22. The number of nitrogens with one attached hydrogen (secondary N) is 1. The van der Waals surface area contributed by atoms with Crippen LogP contribution < -0.4 is 5.32 Å². The van der Waals surface area contributed by atoms with Crippen LogP contribution in [0.4, 0.5) is 5.69 Å². The minimum absolute atomic E-state index is 0.148. The summed E-state index contributed by atoms with van der Waals surface area (Å²) in [4.78, 5) is 12.4. The average molecular weight is 354 g/mol. The van der Waals surface area contributed by atoms with Crippen molar-refractivity contribution in [3.63, 3.8) is 0 Å². The highest BCUT2D eigenvalue weighted by molar-refractivity contribution is 6.04. The van der Waals surface area contributed by atoms with Crippen LogP contribution in [0.1, 0.15) is 15.9 Å². The quantitative estimate of drug-likeness (QED) is 0.587. The van der Waals surface area contributed by atoms with Crippen molar-refractivity contribution >= 4 is 11.6 Å². The molecular formula is C22H18N4O. The number of benzene rings is 3. The highest BCUT2D eigenvalue weighted by Gasteiger charge is 2.10. The Morgan fingerprint density at radius 3 is 2.30 bits per heavy atom. The normalized spacial score (nSPS) is 10.6. The van der Waals surface area contributed by atoms with E-state index in [9.17, 15) is 4.79 Å². The van der Waals surface area contributed by atoms with Crippen LogP contribution >= 0.6 is 0 Å². The molecule has 4 aromatic rings. The van der Waals surface area contributed by atoms with E-state index in [1.54, 1.807) is 23.0 Å². The van der Waals surface area contributed by atoms with Crippen LogP contribution in [0.3, 0.4) is 0 Å². The van der Waals surface area contributed by atoms with E-state index < -0.39 is 0 Å². The summed E-state index contributed by atoms with van der Waals surface area (Å²) < 4.78 is 1.77. The number of aryl methyl sites for hydroxylation is 1. The van der Waals surface area contributed by atoms with Gasteiger partial charge < -0.3 is 5.32 Å². The lowest BCUT2D eigenvalue weighted by atomic mass is 10.1. The largest absolute Gasteiger partial charge is 0.322 e. The second-order valence-electron chi connectivity index (χ2n) is 6.26. The smallest absolute Gasteiger partial charge is 0.255 e. The number of nitrogens with zero attached hydrogens (tertiary/aromatic N) is 3. The average Bonchev–Trinajstić information content (AvgIpc) is 3.19. The summed E-state index contributed by atoms with van der Waals surface area (Å²) in [5.41, 5.74) is 5.34. The summed E-state index contributed by atoms with van der Waals surface area (Å²) in [5, 5.41) is 11.1. The molecule has 0 bridgehead atoms. The molecule has 0 saturated carbocycles. The molecule has 0 saturated heterocycles. The Hall–Kier alpha value is -3.73. The standard InChI is InChI=1S/C22H18N4O/c1-16-7-9-17(10-8-16)21-15-23-25-26(21)20-13-11-18(12-14-20)22(27)24-19-5-3-2-4-6-19/h2-15H,1H3,(H,24,27). The van der Waals surface area contributed by atoms with E-state index in [1.165, 1.54) is 5.56 Å². The van der Waals surface area contributed by atoms with Crippen LogP contribution in [0.5, 0.6) is 0 Å². The van der Waals surface area contributed by atoms with Crippen molar-refractivity contribution in [2.45, 2.75) is 6.92 Å². The second-order valence-corrected chi connectivity index (χ2v) is 6.26. The molecule has 0 radical (unpaired) electrons. The summed E-state index contributed by atoms with van der Waals surface area (Å²) in [7, 11) is 0. The molecule has 3 aromatic carbocycles. The number of anilines is 1. The van der Waals surface area contributed by atoms with Crippen molar-refractivity contribution in [2.75, 3.05) is 5.32 Å². The van der Waals surface area contributed by atoms with E-state index in [4.69, 9.17) is 0 Å². The minimum atomic E-state index is -0.148. The maximum Gasteiger partial charge on any atom is 0.255 e. The molecule has 0 unspecified atom stereocenters. The number of aromatic nitrogens is 3. The van der Waals surface area contributed by atoms with E-state index in [-0.39, 0.29) is 5.91 Å². The van der Waals surface area contributed by atoms with Crippen molar-refractivity contribution in [3.05, 3.63) is 96.2 Å². The van der Waals surface area contributed by atoms with Gasteiger partial charge in [0.2, 0.25) is 0 Å². The molecule has 1 N–H and O–H groups in total. The van der Waals surface area contributed by atoms with Gasteiger partial charge in [0, 0.05) is 16.8 Å². The number of carbonyl (C=O) groups is 1. The number of para-hydroxylation sites is 1. The fourth-order valence-corrected chi connectivity index (χ4v) is 2.83. The predicted octanol–water partition coefficient (Wildman–Crippen LogP) is 4.50. The summed E-state index contributed by atoms with van der Waals surface area (Å²) in [6.45, 7) is 2.05. The maximum absolute atomic E-state index is 12.4. The first kappa shape index (κ1) is 16.7. The fraction of sp³-hybridized carbons (Fsp3) is 0.0455. The first-order valence-electron chi connectivity index (χ1n) is 8.65. The third kappa shape index (κ3) is 3.62. The molecule has 0 fully saturated rings. The molecule has 0 aliphatic heterocycles. The second kappa shape index (κ2) is 7.25. The molecule has 1 aromatic heterocycles. The first-order valence-corrected chi connectivity index (χ1v) is 8.65. The summed E-state index contributed by atoms with van der Waals surface area (Å²) >= 11 is 0. The van der Waals surface area contributed by atoms with Gasteiger partial charge in [-0.05, 0) is 43.3 Å². The Kier molecular flexibility index (Phi) is 4.49. The van der Waals surface area contributed by atoms with Crippen LogP contribution in [-0.2, 0) is 0 Å². The van der Waals surface area contributed by atoms with Gasteiger partial charge in [-0.3, -0.25) is 4.79 Å². The van der Waals surface area contributed by atoms with E-state index in [1.807, 2.05) is 54.6 Å². The maximum atomic E-state index is 12.4. The lowest BCUT2D eigenvalue weighted by molar-refractivity contribution is 0.102. The lowest BCUT2D eigenvalue weighted by Crippen LogP contribution is -2.11. The van der Waals surface area contributed by atoms with Gasteiger partial charge in [-0.1, -0.05) is 53.2 Å². The highest BCUT2D eigenvalue weighted by atomic mass is 16.1. The molecule has 132 valence electrons. The van der Waals surface area contributed by atoms with E-state index in [2.05, 4.69) is 34.7 Å². The molecule has 1 amide bonds. The van der Waals surface area contributed by atoms with Gasteiger partial charge in [-0.25, -0.2) is 4.68 Å². The van der Waals surface area contributed by atoms with Gasteiger partial charge >= 0.3 is 0 Å². The van der Waals surface area contributed by atoms with Crippen LogP contribution in [0.25, 0.3) is 16.9 Å². The van der Waals surface area contributed by atoms with Crippen LogP contribution in [0.2, 0.25) is 0 Å². The van der Waals surface area contributed by atoms with Crippen molar-refractivity contribution in [3.8, 4) is 16.9 Å². The van der Waals surface area contributed by atoms with Gasteiger partial charge in [0.15, 0.2) is 0 Å². The Morgan fingerprint density at radius 1 is 0.889 bits per heavy atom. The molecule has 5 heteroatoms. The lowest BCUT2D eigenvalue weighted by Gasteiger charge is -2.08. The molecule has 0 aliphatic carbocycles. The zero-order valence-corrected chi connectivity index (χ0v) is 14.8. The topological polar surface area (TPSA) is 59.8 Å². The van der Waals surface area contributed by atoms with E-state index in [0.717, 1.165) is 22.6 Å². The predicted molar refractivity (Wildman–Crippen MR) is 106 cm³/mol. The van der Waals surface area contributed by atoms with Crippen LogP contribution in [0, 0.1) is 6.92 Å². The van der Waals surface area contributed by atoms with E-state index >= 15 is 0 Å². The minimum Gasteiger partial charge on any atom is -0.322 e. The van der Waals surface area contributed by atoms with Gasteiger partial charge in [0.05, 0.1) is 17.6 Å². The van der Waals surface area contributed by atoms with E-state index in [0.29, 0.717) is 5.56 Å². The fourth-order valence-electron chi connectivity index (χ4n) is 2.83. The third-order valence-corrected chi connectivity index (χ3v) is 4.30. The van der Waals surface area contributed by atoms with Gasteiger partial charge in [0.25, 0.3) is 5.91 Å². The monoisotopic (exact) mass is 354 g/mol. The number of hydrogen-bond donors (Lipinski definition) is 1. The zero-order valence-electron chi connectivity index (χ0n) is 14.8. The van der Waals surface area contributed by atoms with Crippen molar-refractivity contribution in [2.24, 2.45) is 0 Å². The molecule has 0 atom stereocenters. The molecule has 27 heavy (non-hydrogen) atoms. The van der Waals surface area contributed by atoms with Crippen LogP contribution in [0.15, 0.2) is 85.1 Å². The molecule has 4 rings (SSSR count). The third-order valence-electron chi connectivity index (χ3n) is 4.30. The number of hydrogen-bond acceptors (Lipinski definition) is 3. The Morgan fingerprint density at radius 2 is 1.59 bits per heavy atom. The SMILES string of the molecule is Cc1ccc(-c2cnnn2-c2ccc(C(=O)Nc3ccccc3)cc2)cc1. The summed E-state index contributed by atoms with van der Waals surface area (Å²) in [6, 6.07) is 24.9. The Balaban J connectivity index is 1.57. The zero-order chi connectivity index (χ0) is 18.6. The molecule has 1 heterocycles. The van der Waals surface area contributed by atoms with Crippen molar-refractivity contribution in [1.29, 1.82) is 0 Å².